The van der Waals surface area contributed by atoms with Crippen LogP contribution in [0.2, 0.25) is 0 Å². The van der Waals surface area contributed by atoms with Crippen LogP contribution >= 0.6 is 0 Å². The lowest BCUT2D eigenvalue weighted by atomic mass is 10.1. The van der Waals surface area contributed by atoms with Gasteiger partial charge in [0.05, 0.1) is 6.61 Å². The topological polar surface area (TPSA) is 83.1 Å². The lowest BCUT2D eigenvalue weighted by Gasteiger charge is -2.13. The van der Waals surface area contributed by atoms with Gasteiger partial charge in [0.2, 0.25) is 6.79 Å². The highest BCUT2D eigenvalue weighted by molar-refractivity contribution is 6.07. The zero-order chi connectivity index (χ0) is 23.9. The van der Waals surface area contributed by atoms with E-state index in [-0.39, 0.29) is 25.1 Å². The predicted octanol–water partition coefficient (Wildman–Crippen LogP) is 5.04. The molecule has 1 amide bonds. The van der Waals surface area contributed by atoms with Gasteiger partial charge in [-0.1, -0.05) is 29.8 Å². The molecule has 4 rings (SSSR count). The number of fused-ring (bicyclic) bond motifs is 1. The highest BCUT2D eigenvalue weighted by Crippen LogP contribution is 2.33. The van der Waals surface area contributed by atoms with Gasteiger partial charge in [-0.2, -0.15) is 0 Å². The van der Waals surface area contributed by atoms with Crippen LogP contribution in [-0.2, 0) is 4.79 Å². The van der Waals surface area contributed by atoms with Gasteiger partial charge in [0, 0.05) is 11.3 Å². The van der Waals surface area contributed by atoms with Crippen molar-refractivity contribution in [1.82, 2.24) is 0 Å². The van der Waals surface area contributed by atoms with Gasteiger partial charge in [0.15, 0.2) is 35.4 Å². The first-order chi connectivity index (χ1) is 16.5. The molecule has 1 aliphatic rings. The maximum Gasteiger partial charge on any atom is 0.262 e. The number of aryl methyl sites for hydroxylation is 1. The number of benzene rings is 3. The molecule has 0 saturated heterocycles. The molecule has 1 aliphatic heterocycles. The number of allylic oxidation sites excluding steroid dienone is 1. The summed E-state index contributed by atoms with van der Waals surface area (Å²) in [4.78, 5) is 24.8. The molecule has 34 heavy (non-hydrogen) atoms. The fourth-order valence-corrected chi connectivity index (χ4v) is 3.31. The number of anilines is 1. The van der Waals surface area contributed by atoms with Gasteiger partial charge in [-0.05, 0) is 68.0 Å². The van der Waals surface area contributed by atoms with Crippen molar-refractivity contribution in [3.63, 3.8) is 0 Å². The predicted molar refractivity (Wildman–Crippen MR) is 129 cm³/mol. The number of ketones is 1. The fourth-order valence-electron chi connectivity index (χ4n) is 3.31. The van der Waals surface area contributed by atoms with E-state index in [0.29, 0.717) is 40.9 Å². The van der Waals surface area contributed by atoms with Gasteiger partial charge in [-0.15, -0.1) is 0 Å². The Balaban J connectivity index is 1.39. The second-order valence-electron chi connectivity index (χ2n) is 7.61. The molecule has 7 nitrogen and oxygen atoms in total. The molecule has 0 aromatic heterocycles. The Morgan fingerprint density at radius 1 is 0.941 bits per heavy atom. The summed E-state index contributed by atoms with van der Waals surface area (Å²) in [6, 6.07) is 17.9. The van der Waals surface area contributed by atoms with Crippen molar-refractivity contribution in [2.24, 2.45) is 0 Å². The van der Waals surface area contributed by atoms with Crippen molar-refractivity contribution in [1.29, 1.82) is 0 Å². The molecular weight excluding hydrogens is 434 g/mol. The molecule has 7 heteroatoms. The van der Waals surface area contributed by atoms with E-state index >= 15 is 0 Å². The zero-order valence-corrected chi connectivity index (χ0v) is 19.0. The molecule has 174 valence electrons. The Labute approximate surface area is 197 Å². The van der Waals surface area contributed by atoms with Crippen LogP contribution in [0.5, 0.6) is 23.0 Å². The lowest BCUT2D eigenvalue weighted by molar-refractivity contribution is -0.118. The van der Waals surface area contributed by atoms with E-state index < -0.39 is 0 Å². The van der Waals surface area contributed by atoms with Crippen LogP contribution < -0.4 is 24.3 Å². The van der Waals surface area contributed by atoms with Gasteiger partial charge >= 0.3 is 0 Å². The van der Waals surface area contributed by atoms with Crippen LogP contribution in [0.3, 0.4) is 0 Å². The first-order valence-corrected chi connectivity index (χ1v) is 10.9. The van der Waals surface area contributed by atoms with E-state index in [1.165, 1.54) is 6.08 Å². The molecule has 0 fully saturated rings. The third-order valence-electron chi connectivity index (χ3n) is 5.05. The van der Waals surface area contributed by atoms with Crippen LogP contribution in [-0.4, -0.2) is 31.7 Å². The second kappa shape index (κ2) is 10.6. The van der Waals surface area contributed by atoms with Crippen molar-refractivity contribution < 1.29 is 28.5 Å². The summed E-state index contributed by atoms with van der Waals surface area (Å²) in [5, 5.41) is 2.80. The highest BCUT2D eigenvalue weighted by Gasteiger charge is 2.15. The summed E-state index contributed by atoms with van der Waals surface area (Å²) in [6.45, 7) is 4.27. The number of carbonyl (C=O) groups is 2. The van der Waals surface area contributed by atoms with Crippen LogP contribution in [0.4, 0.5) is 5.69 Å². The molecule has 0 saturated carbocycles. The fraction of sp³-hybridized carbons (Fsp3) is 0.185. The summed E-state index contributed by atoms with van der Waals surface area (Å²) in [7, 11) is 0. The van der Waals surface area contributed by atoms with Gasteiger partial charge < -0.3 is 24.3 Å². The monoisotopic (exact) mass is 459 g/mol. The molecule has 0 aliphatic carbocycles. The first-order valence-electron chi connectivity index (χ1n) is 10.9. The number of hydrogen-bond donors (Lipinski definition) is 1. The van der Waals surface area contributed by atoms with Crippen LogP contribution in [0.15, 0.2) is 66.7 Å². The van der Waals surface area contributed by atoms with E-state index in [0.717, 1.165) is 11.1 Å². The zero-order valence-electron chi connectivity index (χ0n) is 19.0. The van der Waals surface area contributed by atoms with Crippen molar-refractivity contribution in [3.05, 3.63) is 83.4 Å². The minimum absolute atomic E-state index is 0.158. The summed E-state index contributed by atoms with van der Waals surface area (Å²) < 4.78 is 22.0. The Morgan fingerprint density at radius 3 is 2.53 bits per heavy atom. The second-order valence-corrected chi connectivity index (χ2v) is 7.61. The standard InChI is InChI=1S/C27H25NO6/c1-3-31-25-14-19(6-11-22(29)20-8-13-24-26(15-20)34-17-33-24)7-12-23(25)32-16-27(30)28-21-9-4-18(2)5-10-21/h4-15H,3,16-17H2,1-2H3,(H,28,30)/b11-6+. The van der Waals surface area contributed by atoms with E-state index in [9.17, 15) is 9.59 Å². The minimum Gasteiger partial charge on any atom is -0.490 e. The number of nitrogens with one attached hydrogen (secondary N) is 1. The Morgan fingerprint density at radius 2 is 1.74 bits per heavy atom. The molecule has 1 heterocycles. The number of hydrogen-bond acceptors (Lipinski definition) is 6. The molecule has 0 atom stereocenters. The first kappa shape index (κ1) is 22.9. The summed E-state index contributed by atoms with van der Waals surface area (Å²) in [5.41, 5.74) is 3.08. The van der Waals surface area contributed by atoms with Crippen LogP contribution in [0.1, 0.15) is 28.4 Å². The third kappa shape index (κ3) is 5.75. The van der Waals surface area contributed by atoms with E-state index in [4.69, 9.17) is 18.9 Å². The molecular formula is C27H25NO6. The van der Waals surface area contributed by atoms with Gasteiger partial charge in [0.1, 0.15) is 0 Å². The Hall–Kier alpha value is -4.26. The quantitative estimate of drug-likeness (QED) is 0.357. The number of amides is 1. The van der Waals surface area contributed by atoms with Crippen LogP contribution in [0, 0.1) is 6.92 Å². The maximum atomic E-state index is 12.6. The third-order valence-corrected chi connectivity index (χ3v) is 5.05. The van der Waals surface area contributed by atoms with Crippen molar-refractivity contribution in [2.45, 2.75) is 13.8 Å². The normalized spacial score (nSPS) is 11.9. The molecule has 3 aromatic carbocycles. The van der Waals surface area contributed by atoms with Crippen molar-refractivity contribution in [3.8, 4) is 23.0 Å². The minimum atomic E-state index is -0.274. The molecule has 0 spiro atoms. The van der Waals surface area contributed by atoms with E-state index in [1.54, 1.807) is 42.5 Å². The summed E-state index contributed by atoms with van der Waals surface area (Å²) >= 11 is 0. The van der Waals surface area contributed by atoms with Gasteiger partial charge in [0.25, 0.3) is 5.91 Å². The summed E-state index contributed by atoms with van der Waals surface area (Å²) in [6.07, 6.45) is 3.18. The SMILES string of the molecule is CCOc1cc(/C=C/C(=O)c2ccc3c(c2)OCO3)ccc1OCC(=O)Nc1ccc(C)cc1. The molecule has 0 bridgehead atoms. The maximum absolute atomic E-state index is 12.6. The average molecular weight is 459 g/mol. The Bertz CT molecular complexity index is 1220. The van der Waals surface area contributed by atoms with Gasteiger partial charge in [-0.3, -0.25) is 9.59 Å². The highest BCUT2D eigenvalue weighted by atomic mass is 16.7. The lowest BCUT2D eigenvalue weighted by Crippen LogP contribution is -2.20. The molecule has 0 radical (unpaired) electrons. The smallest absolute Gasteiger partial charge is 0.262 e. The number of ether oxygens (including phenoxy) is 4. The van der Waals surface area contributed by atoms with Crippen molar-refractivity contribution in [2.75, 3.05) is 25.3 Å². The number of rotatable bonds is 9. The molecule has 3 aromatic rings. The van der Waals surface area contributed by atoms with Gasteiger partial charge in [-0.25, -0.2) is 0 Å². The summed E-state index contributed by atoms with van der Waals surface area (Å²) in [5.74, 6) is 1.69. The largest absolute Gasteiger partial charge is 0.490 e. The number of carbonyl (C=O) groups excluding carboxylic acids is 2. The Kier molecular flexibility index (Phi) is 7.13. The van der Waals surface area contributed by atoms with E-state index in [1.807, 2.05) is 38.1 Å². The molecule has 0 unspecified atom stereocenters. The van der Waals surface area contributed by atoms with Crippen molar-refractivity contribution >= 4 is 23.5 Å². The van der Waals surface area contributed by atoms with Crippen LogP contribution in [0.25, 0.3) is 6.08 Å². The average Bonchev–Trinajstić information content (AvgIpc) is 3.31. The van der Waals surface area contributed by atoms with E-state index in [2.05, 4.69) is 5.32 Å². The molecule has 1 N–H and O–H groups in total.